The second-order valence-electron chi connectivity index (χ2n) is 5.33. The predicted molar refractivity (Wildman–Crippen MR) is 70.3 cm³/mol. The van der Waals surface area contributed by atoms with Crippen LogP contribution >= 0.6 is 0 Å². The molecule has 2 heterocycles. The average Bonchev–Trinajstić information content (AvgIpc) is 2.82. The van der Waals surface area contributed by atoms with E-state index in [1.165, 1.54) is 0 Å². The van der Waals surface area contributed by atoms with Gasteiger partial charge in [0.1, 0.15) is 5.56 Å². The second kappa shape index (κ2) is 4.61. The van der Waals surface area contributed by atoms with Crippen molar-refractivity contribution < 1.29 is 4.79 Å². The minimum Gasteiger partial charge on any atom is -0.382 e. The monoisotopic (exact) mass is 251 g/mol. The summed E-state index contributed by atoms with van der Waals surface area (Å²) < 4.78 is 0. The molecule has 2 rings (SSSR count). The van der Waals surface area contributed by atoms with Gasteiger partial charge in [-0.3, -0.25) is 9.89 Å². The number of aromatic nitrogens is 2. The highest BCUT2D eigenvalue weighted by molar-refractivity contribution is 5.99. The topological polar surface area (TPSA) is 78.2 Å². The Labute approximate surface area is 107 Å². The number of nitrogen functional groups attached to an aromatic ring is 1. The van der Waals surface area contributed by atoms with Crippen LogP contribution in [-0.2, 0) is 0 Å². The van der Waals surface area contributed by atoms with E-state index in [4.69, 9.17) is 5.73 Å². The fourth-order valence-electron chi connectivity index (χ4n) is 2.66. The summed E-state index contributed by atoms with van der Waals surface area (Å²) >= 11 is 0. The molecule has 0 saturated carbocycles. The highest BCUT2D eigenvalue weighted by atomic mass is 16.2. The molecule has 0 spiro atoms. The molecule has 1 aliphatic rings. The molecule has 1 amide bonds. The first kappa shape index (κ1) is 12.9. The van der Waals surface area contributed by atoms with Crippen LogP contribution in [0.15, 0.2) is 0 Å². The van der Waals surface area contributed by atoms with Crippen LogP contribution in [0.3, 0.4) is 0 Å². The third kappa shape index (κ3) is 2.08. The van der Waals surface area contributed by atoms with Crippen molar-refractivity contribution in [3.63, 3.8) is 0 Å². The Morgan fingerprint density at radius 1 is 1.50 bits per heavy atom. The van der Waals surface area contributed by atoms with E-state index in [1.807, 2.05) is 25.9 Å². The van der Waals surface area contributed by atoms with Crippen molar-refractivity contribution in [2.75, 3.05) is 32.9 Å². The first-order chi connectivity index (χ1) is 8.41. The molecule has 0 aromatic carbocycles. The number of aromatic amines is 1. The first-order valence-corrected chi connectivity index (χ1v) is 6.18. The van der Waals surface area contributed by atoms with Gasteiger partial charge in [0.15, 0.2) is 5.82 Å². The summed E-state index contributed by atoms with van der Waals surface area (Å²) in [5.41, 5.74) is 6.99. The summed E-state index contributed by atoms with van der Waals surface area (Å²) in [7, 11) is 4.10. The van der Waals surface area contributed by atoms with E-state index in [1.54, 1.807) is 0 Å². The fraction of sp³-hybridized carbons (Fsp3) is 0.667. The van der Waals surface area contributed by atoms with Crippen LogP contribution in [0.2, 0.25) is 0 Å². The number of carbonyl (C=O) groups excluding carboxylic acids is 1. The van der Waals surface area contributed by atoms with Crippen molar-refractivity contribution in [3.05, 3.63) is 11.3 Å². The number of likely N-dealkylation sites (N-methyl/N-ethyl adjacent to an activating group) is 1. The summed E-state index contributed by atoms with van der Waals surface area (Å²) in [6.07, 6.45) is 0. The van der Waals surface area contributed by atoms with Crippen LogP contribution in [-0.4, -0.2) is 59.1 Å². The van der Waals surface area contributed by atoms with Crippen LogP contribution in [0.5, 0.6) is 0 Å². The Morgan fingerprint density at radius 2 is 2.17 bits per heavy atom. The molecule has 1 aromatic rings. The van der Waals surface area contributed by atoms with E-state index in [2.05, 4.69) is 22.0 Å². The molecule has 6 heteroatoms. The van der Waals surface area contributed by atoms with Crippen LogP contribution in [0, 0.1) is 12.8 Å². The van der Waals surface area contributed by atoms with Gasteiger partial charge >= 0.3 is 0 Å². The quantitative estimate of drug-likeness (QED) is 0.793. The number of rotatable bonds is 2. The lowest BCUT2D eigenvalue weighted by atomic mass is 10.1. The molecule has 0 radical (unpaired) electrons. The Hall–Kier alpha value is -1.56. The number of hydrogen-bond donors (Lipinski definition) is 2. The fourth-order valence-corrected chi connectivity index (χ4v) is 2.66. The molecule has 18 heavy (non-hydrogen) atoms. The highest BCUT2D eigenvalue weighted by Crippen LogP contribution is 2.24. The van der Waals surface area contributed by atoms with Gasteiger partial charge in [-0.1, -0.05) is 6.92 Å². The smallest absolute Gasteiger partial charge is 0.259 e. The number of hydrogen-bond acceptors (Lipinski definition) is 4. The normalized spacial score (nSPS) is 23.9. The van der Waals surface area contributed by atoms with E-state index in [9.17, 15) is 4.79 Å². The molecule has 6 nitrogen and oxygen atoms in total. The minimum absolute atomic E-state index is 0.0186. The average molecular weight is 251 g/mol. The van der Waals surface area contributed by atoms with E-state index in [0.29, 0.717) is 23.3 Å². The van der Waals surface area contributed by atoms with Gasteiger partial charge in [0.2, 0.25) is 0 Å². The number of amides is 1. The molecular formula is C12H21N5O. The zero-order valence-electron chi connectivity index (χ0n) is 11.4. The van der Waals surface area contributed by atoms with E-state index in [0.717, 1.165) is 18.8 Å². The van der Waals surface area contributed by atoms with Gasteiger partial charge in [0, 0.05) is 24.8 Å². The zero-order valence-corrected chi connectivity index (χ0v) is 11.4. The SMILES string of the molecule is Cc1[nH]nc(N)c1C(=O)N1CC(C)C(N(C)C)C1. The molecule has 1 aromatic heterocycles. The molecule has 2 unspecified atom stereocenters. The zero-order chi connectivity index (χ0) is 13.4. The summed E-state index contributed by atoms with van der Waals surface area (Å²) in [6, 6.07) is 0.405. The maximum atomic E-state index is 12.4. The molecular weight excluding hydrogens is 230 g/mol. The maximum Gasteiger partial charge on any atom is 0.259 e. The van der Waals surface area contributed by atoms with Gasteiger partial charge < -0.3 is 15.5 Å². The van der Waals surface area contributed by atoms with Gasteiger partial charge in [0.25, 0.3) is 5.91 Å². The van der Waals surface area contributed by atoms with Crippen LogP contribution in [0.4, 0.5) is 5.82 Å². The van der Waals surface area contributed by atoms with Gasteiger partial charge in [-0.05, 0) is 26.9 Å². The number of nitrogens with zero attached hydrogens (tertiary/aromatic N) is 3. The molecule has 0 bridgehead atoms. The molecule has 100 valence electrons. The molecule has 2 atom stereocenters. The molecule has 1 fully saturated rings. The Bertz CT molecular complexity index is 434. The van der Waals surface area contributed by atoms with Crippen molar-refractivity contribution in [2.24, 2.45) is 5.92 Å². The second-order valence-corrected chi connectivity index (χ2v) is 5.33. The first-order valence-electron chi connectivity index (χ1n) is 6.18. The van der Waals surface area contributed by atoms with E-state index in [-0.39, 0.29) is 5.91 Å². The van der Waals surface area contributed by atoms with Gasteiger partial charge in [0.05, 0.1) is 0 Å². The lowest BCUT2D eigenvalue weighted by Crippen LogP contribution is -2.36. The van der Waals surface area contributed by atoms with Crippen molar-refractivity contribution in [1.29, 1.82) is 0 Å². The lowest BCUT2D eigenvalue weighted by molar-refractivity contribution is 0.0782. The molecule has 0 aliphatic carbocycles. The van der Waals surface area contributed by atoms with Gasteiger partial charge in [-0.15, -0.1) is 0 Å². The van der Waals surface area contributed by atoms with Gasteiger partial charge in [-0.2, -0.15) is 5.10 Å². The van der Waals surface area contributed by atoms with Crippen LogP contribution in [0.25, 0.3) is 0 Å². The van der Waals surface area contributed by atoms with Crippen molar-refractivity contribution in [2.45, 2.75) is 19.9 Å². The lowest BCUT2D eigenvalue weighted by Gasteiger charge is -2.22. The summed E-state index contributed by atoms with van der Waals surface area (Å²) in [6.45, 7) is 5.51. The number of anilines is 1. The number of aryl methyl sites for hydroxylation is 1. The number of H-pyrrole nitrogens is 1. The van der Waals surface area contributed by atoms with Crippen LogP contribution < -0.4 is 5.73 Å². The van der Waals surface area contributed by atoms with E-state index < -0.39 is 0 Å². The number of nitrogens with two attached hydrogens (primary N) is 1. The third-order valence-corrected chi connectivity index (χ3v) is 3.71. The number of likely N-dealkylation sites (tertiary alicyclic amines) is 1. The Balaban J connectivity index is 2.17. The van der Waals surface area contributed by atoms with Crippen molar-refractivity contribution >= 4 is 11.7 Å². The summed E-state index contributed by atoms with van der Waals surface area (Å²) in [5.74, 6) is 0.741. The largest absolute Gasteiger partial charge is 0.382 e. The Kier molecular flexibility index (Phi) is 3.30. The maximum absolute atomic E-state index is 12.4. The third-order valence-electron chi connectivity index (χ3n) is 3.71. The summed E-state index contributed by atoms with van der Waals surface area (Å²) in [5, 5.41) is 6.63. The highest BCUT2D eigenvalue weighted by Gasteiger charge is 2.35. The van der Waals surface area contributed by atoms with Crippen LogP contribution in [0.1, 0.15) is 23.0 Å². The Morgan fingerprint density at radius 3 is 2.61 bits per heavy atom. The van der Waals surface area contributed by atoms with E-state index >= 15 is 0 Å². The molecule has 3 N–H and O–H groups in total. The van der Waals surface area contributed by atoms with Crippen molar-refractivity contribution in [3.8, 4) is 0 Å². The number of nitrogens with one attached hydrogen (secondary N) is 1. The predicted octanol–water partition coefficient (Wildman–Crippen LogP) is 0.322. The van der Waals surface area contributed by atoms with Gasteiger partial charge in [-0.25, -0.2) is 0 Å². The minimum atomic E-state index is -0.0186. The summed E-state index contributed by atoms with van der Waals surface area (Å²) in [4.78, 5) is 16.5. The molecule has 1 aliphatic heterocycles. The molecule has 1 saturated heterocycles. The van der Waals surface area contributed by atoms with Crippen molar-refractivity contribution in [1.82, 2.24) is 20.0 Å². The standard InChI is InChI=1S/C12H21N5O/c1-7-5-17(6-9(7)16(3)4)12(18)10-8(2)14-15-11(10)13/h7,9H,5-6H2,1-4H3,(H3,13,14,15). The number of carbonyl (C=O) groups is 1.